The fourth-order valence-corrected chi connectivity index (χ4v) is 6.25. The zero-order chi connectivity index (χ0) is 31.5. The third-order valence-corrected chi connectivity index (χ3v) is 8.32. The lowest BCUT2D eigenvalue weighted by Crippen LogP contribution is -2.38. The summed E-state index contributed by atoms with van der Waals surface area (Å²) in [6, 6.07) is 24.3. The smallest absolute Gasteiger partial charge is 0.330 e. The van der Waals surface area contributed by atoms with Crippen LogP contribution in [0.25, 0.3) is 0 Å². The van der Waals surface area contributed by atoms with Crippen molar-refractivity contribution >= 4 is 18.6 Å². The molecule has 2 heterocycles. The molecule has 10 nitrogen and oxygen atoms in total. The number of ether oxygens (including phenoxy) is 4. The zero-order valence-electron chi connectivity index (χ0n) is 24.2. The Balaban J connectivity index is 1.59. The molecule has 4 atom stereocenters. The SMILES string of the molecule is COc1ccc(C(OC[C@H]2O[C@@H](n3cc(C)c(=O)[nH]c3=O)C[C@@H]2OP([O-])(F)=S)(c2ccccc2)c2ccc(OC)cc2)cc1. The normalized spacial score (nSPS) is 19.8. The van der Waals surface area contributed by atoms with Gasteiger partial charge in [-0.05, 0) is 59.7 Å². The van der Waals surface area contributed by atoms with E-state index < -0.39 is 42.1 Å². The van der Waals surface area contributed by atoms with Crippen molar-refractivity contribution in [3.05, 3.63) is 128 Å². The molecule has 1 aromatic heterocycles. The van der Waals surface area contributed by atoms with E-state index in [4.69, 9.17) is 23.5 Å². The Hall–Kier alpha value is -3.64. The zero-order valence-corrected chi connectivity index (χ0v) is 25.9. The Labute approximate surface area is 258 Å². The molecule has 0 spiro atoms. The second-order valence-corrected chi connectivity index (χ2v) is 12.6. The largest absolute Gasteiger partial charge is 0.776 e. The number of aryl methyl sites for hydroxylation is 1. The number of aromatic nitrogens is 2. The Kier molecular flexibility index (Phi) is 9.50. The topological polar surface area (TPSA) is 124 Å². The van der Waals surface area contributed by atoms with Gasteiger partial charge in [0, 0.05) is 18.2 Å². The maximum Gasteiger partial charge on any atom is 0.330 e. The van der Waals surface area contributed by atoms with E-state index in [-0.39, 0.29) is 18.6 Å². The number of methoxy groups -OCH3 is 2. The van der Waals surface area contributed by atoms with E-state index >= 15 is 0 Å². The molecule has 0 radical (unpaired) electrons. The molecule has 1 aliphatic heterocycles. The van der Waals surface area contributed by atoms with Gasteiger partial charge in [0.1, 0.15) is 29.4 Å². The summed E-state index contributed by atoms with van der Waals surface area (Å²) in [4.78, 5) is 38.8. The van der Waals surface area contributed by atoms with Crippen LogP contribution in [0.15, 0.2) is 94.6 Å². The molecule has 3 aromatic carbocycles. The summed E-state index contributed by atoms with van der Waals surface area (Å²) in [5.74, 6) is 1.29. The standard InChI is InChI=1S/C31H32FN2O8PS/c1-20-18-34(30(36)33-29(20)35)28-17-26(42-43(32,37)44)27(41-28)19-40-31(21-7-5-4-6-8-21,22-9-13-24(38-2)14-10-22)23-11-15-25(39-3)16-12-23/h4-16,18,26-28H,17,19H2,1-3H3,(H,37,44)(H,33,35,36)/p-1/t26-,27+,28+,43?/m0/s1. The van der Waals surface area contributed by atoms with Gasteiger partial charge in [-0.3, -0.25) is 14.3 Å². The summed E-state index contributed by atoms with van der Waals surface area (Å²) in [6.07, 6.45) is -1.85. The quantitative estimate of drug-likeness (QED) is 0.191. The van der Waals surface area contributed by atoms with Crippen LogP contribution in [-0.2, 0) is 31.4 Å². The number of nitrogens with one attached hydrogen (secondary N) is 1. The predicted octanol–water partition coefficient (Wildman–Crippen LogP) is 4.10. The molecule has 0 aliphatic carbocycles. The Morgan fingerprint density at radius 3 is 2.05 bits per heavy atom. The molecule has 4 aromatic rings. The van der Waals surface area contributed by atoms with Crippen molar-refractivity contribution < 1.29 is 32.6 Å². The van der Waals surface area contributed by atoms with E-state index in [1.165, 1.54) is 17.7 Å². The van der Waals surface area contributed by atoms with Crippen LogP contribution in [-0.4, -0.2) is 42.6 Å². The average Bonchev–Trinajstić information content (AvgIpc) is 3.41. The van der Waals surface area contributed by atoms with Crippen molar-refractivity contribution in [1.82, 2.24) is 9.55 Å². The molecule has 1 unspecified atom stereocenters. The summed E-state index contributed by atoms with van der Waals surface area (Å²) in [5, 5.41) is 0. The number of benzene rings is 3. The van der Waals surface area contributed by atoms with E-state index in [0.717, 1.165) is 16.7 Å². The molecule has 44 heavy (non-hydrogen) atoms. The molecule has 0 saturated carbocycles. The van der Waals surface area contributed by atoms with Gasteiger partial charge in [-0.15, -0.1) is 0 Å². The van der Waals surface area contributed by atoms with Crippen molar-refractivity contribution in [2.75, 3.05) is 20.8 Å². The van der Waals surface area contributed by atoms with Crippen LogP contribution in [0.5, 0.6) is 11.5 Å². The van der Waals surface area contributed by atoms with Crippen LogP contribution in [0.1, 0.15) is 34.9 Å². The Morgan fingerprint density at radius 2 is 1.52 bits per heavy atom. The third kappa shape index (κ3) is 6.71. The molecule has 1 N–H and O–H groups in total. The first kappa shape index (κ1) is 31.8. The van der Waals surface area contributed by atoms with E-state index in [0.29, 0.717) is 11.5 Å². The predicted molar refractivity (Wildman–Crippen MR) is 163 cm³/mol. The first-order valence-corrected chi connectivity index (χ1v) is 16.2. The molecule has 1 saturated heterocycles. The van der Waals surface area contributed by atoms with Crippen LogP contribution in [0.4, 0.5) is 4.20 Å². The van der Waals surface area contributed by atoms with Gasteiger partial charge in [-0.25, -0.2) is 8.99 Å². The van der Waals surface area contributed by atoms with E-state index in [1.54, 1.807) is 14.2 Å². The Morgan fingerprint density at radius 1 is 0.977 bits per heavy atom. The molecule has 232 valence electrons. The number of aromatic amines is 1. The molecular formula is C31H31FN2O8PS-. The van der Waals surface area contributed by atoms with Crippen molar-refractivity contribution in [1.29, 1.82) is 0 Å². The number of H-pyrrole nitrogens is 1. The minimum Gasteiger partial charge on any atom is -0.776 e. The fraction of sp³-hybridized carbons (Fsp3) is 0.290. The molecule has 13 heteroatoms. The monoisotopic (exact) mass is 641 g/mol. The fourth-order valence-electron chi connectivity index (χ4n) is 5.38. The molecule has 5 rings (SSSR count). The molecule has 0 amide bonds. The highest BCUT2D eigenvalue weighted by molar-refractivity contribution is 8.06. The summed E-state index contributed by atoms with van der Waals surface area (Å²) < 4.78 is 44.4. The maximum absolute atomic E-state index is 14.3. The van der Waals surface area contributed by atoms with E-state index in [2.05, 4.69) is 16.8 Å². The summed E-state index contributed by atoms with van der Waals surface area (Å²) >= 11 is 4.46. The van der Waals surface area contributed by atoms with Gasteiger partial charge in [0.25, 0.3) is 5.56 Å². The first-order chi connectivity index (χ1) is 21.0. The summed E-state index contributed by atoms with van der Waals surface area (Å²) in [5.41, 5.74) is 0.0402. The van der Waals surface area contributed by atoms with Gasteiger partial charge in [-0.1, -0.05) is 54.6 Å². The number of hydrogen-bond acceptors (Lipinski definition) is 9. The lowest BCUT2D eigenvalue weighted by atomic mass is 9.80. The van der Waals surface area contributed by atoms with Crippen LogP contribution in [0, 0.1) is 6.92 Å². The van der Waals surface area contributed by atoms with Gasteiger partial charge in [0.05, 0.1) is 26.9 Å². The number of halogens is 1. The summed E-state index contributed by atoms with van der Waals surface area (Å²) in [7, 11) is 3.15. The number of hydrogen-bond donors (Lipinski definition) is 1. The van der Waals surface area contributed by atoms with Gasteiger partial charge in [0.15, 0.2) is 6.80 Å². The van der Waals surface area contributed by atoms with Gasteiger partial charge >= 0.3 is 5.69 Å². The van der Waals surface area contributed by atoms with Crippen LogP contribution in [0.2, 0.25) is 0 Å². The number of nitrogens with zero attached hydrogens (tertiary/aromatic N) is 1. The van der Waals surface area contributed by atoms with E-state index in [1.807, 2.05) is 78.9 Å². The highest BCUT2D eigenvalue weighted by Gasteiger charge is 2.43. The van der Waals surface area contributed by atoms with Crippen LogP contribution >= 0.6 is 6.80 Å². The molecule has 1 fully saturated rings. The number of rotatable bonds is 11. The van der Waals surface area contributed by atoms with Gasteiger partial charge in [0.2, 0.25) is 0 Å². The lowest BCUT2D eigenvalue weighted by Gasteiger charge is -2.37. The second kappa shape index (κ2) is 13.2. The highest BCUT2D eigenvalue weighted by atomic mass is 32.5. The molecular weight excluding hydrogens is 610 g/mol. The van der Waals surface area contributed by atoms with Crippen molar-refractivity contribution in [2.24, 2.45) is 0 Å². The van der Waals surface area contributed by atoms with Crippen LogP contribution in [0.3, 0.4) is 0 Å². The third-order valence-electron chi connectivity index (χ3n) is 7.54. The van der Waals surface area contributed by atoms with Gasteiger partial charge < -0.3 is 28.4 Å². The van der Waals surface area contributed by atoms with E-state index in [9.17, 15) is 18.7 Å². The second-order valence-electron chi connectivity index (χ2n) is 10.2. The molecule has 1 aliphatic rings. The minimum atomic E-state index is -4.88. The van der Waals surface area contributed by atoms with Crippen molar-refractivity contribution in [3.8, 4) is 11.5 Å². The van der Waals surface area contributed by atoms with Crippen LogP contribution < -0.4 is 25.6 Å². The van der Waals surface area contributed by atoms with Crippen molar-refractivity contribution in [3.63, 3.8) is 0 Å². The first-order valence-electron chi connectivity index (χ1n) is 13.7. The van der Waals surface area contributed by atoms with Crippen molar-refractivity contribution in [2.45, 2.75) is 37.4 Å². The van der Waals surface area contributed by atoms with Gasteiger partial charge in [-0.2, -0.15) is 0 Å². The summed E-state index contributed by atoms with van der Waals surface area (Å²) in [6.45, 7) is -3.54. The minimum absolute atomic E-state index is 0.0760. The lowest BCUT2D eigenvalue weighted by molar-refractivity contribution is -0.200. The molecule has 0 bridgehead atoms. The Bertz CT molecular complexity index is 1690. The average molecular weight is 642 g/mol. The maximum atomic E-state index is 14.3. The highest BCUT2D eigenvalue weighted by Crippen LogP contribution is 2.47.